The Bertz CT molecular complexity index is 979. The van der Waals surface area contributed by atoms with Crippen molar-refractivity contribution in [2.75, 3.05) is 13.1 Å². The molecule has 0 saturated carbocycles. The minimum Gasteiger partial charge on any atom is -0.349 e. The van der Waals surface area contributed by atoms with E-state index in [-0.39, 0.29) is 36.1 Å². The number of amides is 5. The number of carbonyl (C=O) groups is 7. The Labute approximate surface area is 201 Å². The van der Waals surface area contributed by atoms with Crippen LogP contribution in [0.15, 0.2) is 0 Å². The van der Waals surface area contributed by atoms with Crippen LogP contribution in [-0.4, -0.2) is 83.7 Å². The third-order valence-electron chi connectivity index (χ3n) is 4.70. The first-order valence-corrected chi connectivity index (χ1v) is 12.1. The van der Waals surface area contributed by atoms with Gasteiger partial charge in [0.05, 0.1) is 19.5 Å². The molecule has 0 aromatic carbocycles. The summed E-state index contributed by atoms with van der Waals surface area (Å²) in [6, 6.07) is -1.38. The summed E-state index contributed by atoms with van der Waals surface area (Å²) in [5.41, 5.74) is 0. The smallest absolute Gasteiger partial charge is 0.349 e. The molecule has 16 heteroatoms. The molecule has 0 radical (unpaired) electrons. The summed E-state index contributed by atoms with van der Waals surface area (Å²) in [7, 11) is -4.91. The lowest BCUT2D eigenvalue weighted by molar-refractivity contribution is -0.199. The fraction of sp³-hybridized carbons (Fsp3) is 0.632. The molecule has 0 aliphatic carbocycles. The van der Waals surface area contributed by atoms with E-state index in [4.69, 9.17) is 9.39 Å². The molecule has 2 atom stereocenters. The molecule has 15 nitrogen and oxygen atoms in total. The zero-order chi connectivity index (χ0) is 26.8. The van der Waals surface area contributed by atoms with Gasteiger partial charge in [-0.05, 0) is 12.8 Å². The number of nitrogens with one attached hydrogen (secondary N) is 3. The maximum Gasteiger partial charge on any atom is 0.355 e. The second kappa shape index (κ2) is 13.5. The van der Waals surface area contributed by atoms with Crippen LogP contribution in [0.3, 0.4) is 0 Å². The lowest BCUT2D eigenvalue weighted by Crippen LogP contribution is -2.48. The van der Waals surface area contributed by atoms with Crippen molar-refractivity contribution in [1.82, 2.24) is 21.0 Å². The van der Waals surface area contributed by atoms with Crippen molar-refractivity contribution in [3.8, 4) is 0 Å². The summed E-state index contributed by atoms with van der Waals surface area (Å²) in [5, 5.41) is 4.71. The second-order valence-corrected chi connectivity index (χ2v) is 9.32. The molecule has 1 aliphatic rings. The van der Waals surface area contributed by atoms with Crippen LogP contribution in [0.25, 0.3) is 0 Å². The van der Waals surface area contributed by atoms with Gasteiger partial charge < -0.3 is 20.8 Å². The van der Waals surface area contributed by atoms with Gasteiger partial charge in [-0.25, -0.2) is 4.79 Å². The number of hydrogen-bond acceptors (Lipinski definition) is 10. The fourth-order valence-electron chi connectivity index (χ4n) is 2.92. The summed E-state index contributed by atoms with van der Waals surface area (Å²) in [6.07, 6.45) is 0.351. The topological polar surface area (TPSA) is 222 Å². The van der Waals surface area contributed by atoms with Crippen molar-refractivity contribution < 1.29 is 51.4 Å². The van der Waals surface area contributed by atoms with Gasteiger partial charge in [-0.2, -0.15) is 8.42 Å². The van der Waals surface area contributed by atoms with Gasteiger partial charge in [-0.15, -0.1) is 5.06 Å². The monoisotopic (exact) mass is 520 g/mol. The third-order valence-corrected chi connectivity index (χ3v) is 5.79. The standard InChI is InChI=1S/C19H28N4O11S/c1-11(24)20-9-13(26)6-4-3-5-7-14(22-16(27)10-21-12(2)25)19(30)34-23-17(28)8-15(18(23)29)35(31,32)33/h14-15H,3-10H2,1-2H3,(H,20,24)(H,21,25)(H,22,27)(H,31,32,33). The number of rotatable bonds is 14. The van der Waals surface area contributed by atoms with Crippen LogP contribution in [0.4, 0.5) is 0 Å². The van der Waals surface area contributed by atoms with E-state index in [1.165, 1.54) is 13.8 Å². The summed E-state index contributed by atoms with van der Waals surface area (Å²) in [4.78, 5) is 86.8. The molecule has 1 fully saturated rings. The maximum absolute atomic E-state index is 12.6. The van der Waals surface area contributed by atoms with Gasteiger partial charge in [0.2, 0.25) is 17.7 Å². The van der Waals surface area contributed by atoms with Crippen molar-refractivity contribution in [3.05, 3.63) is 0 Å². The van der Waals surface area contributed by atoms with Gasteiger partial charge in [-0.1, -0.05) is 12.8 Å². The highest BCUT2D eigenvalue weighted by atomic mass is 32.2. The predicted octanol–water partition coefficient (Wildman–Crippen LogP) is -2.26. The molecule has 0 aromatic heterocycles. The van der Waals surface area contributed by atoms with E-state index in [1.54, 1.807) is 0 Å². The molecular weight excluding hydrogens is 492 g/mol. The van der Waals surface area contributed by atoms with Crippen LogP contribution in [-0.2, 0) is 48.5 Å². The first kappa shape index (κ1) is 29.6. The zero-order valence-electron chi connectivity index (χ0n) is 19.2. The second-order valence-electron chi connectivity index (χ2n) is 7.72. The number of ketones is 1. The maximum atomic E-state index is 12.6. The van der Waals surface area contributed by atoms with Crippen LogP contribution in [0.2, 0.25) is 0 Å². The van der Waals surface area contributed by atoms with Crippen LogP contribution in [0, 0.1) is 0 Å². The van der Waals surface area contributed by atoms with Crippen molar-refractivity contribution in [2.45, 2.75) is 63.7 Å². The van der Waals surface area contributed by atoms with Gasteiger partial charge >= 0.3 is 5.97 Å². The number of nitrogens with zero attached hydrogens (tertiary/aromatic N) is 1. The van der Waals surface area contributed by atoms with Crippen molar-refractivity contribution >= 4 is 51.4 Å². The van der Waals surface area contributed by atoms with E-state index < -0.39 is 64.0 Å². The highest BCUT2D eigenvalue weighted by Gasteiger charge is 2.48. The van der Waals surface area contributed by atoms with Crippen molar-refractivity contribution in [2.24, 2.45) is 0 Å². The average molecular weight is 521 g/mol. The minimum absolute atomic E-state index is 0.0392. The molecule has 1 aliphatic heterocycles. The molecule has 2 unspecified atom stereocenters. The third kappa shape index (κ3) is 10.6. The summed E-state index contributed by atoms with van der Waals surface area (Å²) >= 11 is 0. The van der Waals surface area contributed by atoms with Gasteiger partial charge in [-0.3, -0.25) is 33.3 Å². The molecule has 4 N–H and O–H groups in total. The Hall–Kier alpha value is -3.40. The Balaban J connectivity index is 2.72. The van der Waals surface area contributed by atoms with E-state index in [2.05, 4.69) is 16.0 Å². The first-order valence-electron chi connectivity index (χ1n) is 10.6. The van der Waals surface area contributed by atoms with Gasteiger partial charge in [0.25, 0.3) is 21.9 Å². The van der Waals surface area contributed by atoms with E-state index >= 15 is 0 Å². The van der Waals surface area contributed by atoms with Crippen LogP contribution in [0.5, 0.6) is 0 Å². The summed E-state index contributed by atoms with van der Waals surface area (Å²) in [5.74, 6) is -5.69. The number of Topliss-reactive ketones (excluding diaryl/α,β-unsaturated/α-hetero) is 1. The quantitative estimate of drug-likeness (QED) is 0.109. The molecule has 5 amide bonds. The molecule has 0 spiro atoms. The molecule has 1 saturated heterocycles. The molecular formula is C19H28N4O11S. The minimum atomic E-state index is -4.91. The number of imide groups is 1. The highest BCUT2D eigenvalue weighted by molar-refractivity contribution is 7.87. The molecule has 1 heterocycles. The fourth-order valence-corrected chi connectivity index (χ4v) is 3.63. The van der Waals surface area contributed by atoms with E-state index in [0.29, 0.717) is 19.3 Å². The van der Waals surface area contributed by atoms with Crippen molar-refractivity contribution in [1.29, 1.82) is 0 Å². The van der Waals surface area contributed by atoms with Crippen LogP contribution in [0.1, 0.15) is 52.4 Å². The molecule has 1 rings (SSSR count). The van der Waals surface area contributed by atoms with Crippen LogP contribution < -0.4 is 16.0 Å². The number of hydrogen-bond donors (Lipinski definition) is 4. The summed E-state index contributed by atoms with van der Waals surface area (Å²) in [6.45, 7) is 1.87. The average Bonchev–Trinajstić information content (AvgIpc) is 3.03. The van der Waals surface area contributed by atoms with Gasteiger partial charge in [0, 0.05) is 20.3 Å². The Morgan fingerprint density at radius 2 is 1.63 bits per heavy atom. The highest BCUT2D eigenvalue weighted by Crippen LogP contribution is 2.20. The first-order chi connectivity index (χ1) is 16.2. The Morgan fingerprint density at radius 3 is 2.17 bits per heavy atom. The molecule has 35 heavy (non-hydrogen) atoms. The SMILES string of the molecule is CC(=O)NCC(=O)CCCCCC(NC(=O)CNC(C)=O)C(=O)ON1C(=O)CC(S(=O)(=O)O)C1=O. The van der Waals surface area contributed by atoms with Gasteiger partial charge in [0.15, 0.2) is 11.0 Å². The van der Waals surface area contributed by atoms with E-state index in [9.17, 15) is 42.0 Å². The van der Waals surface area contributed by atoms with E-state index in [0.717, 1.165) is 0 Å². The largest absolute Gasteiger partial charge is 0.355 e. The van der Waals surface area contributed by atoms with Gasteiger partial charge in [0.1, 0.15) is 6.04 Å². The number of carbonyl (C=O) groups excluding carboxylic acids is 7. The van der Waals surface area contributed by atoms with E-state index in [1.807, 2.05) is 0 Å². The number of hydroxylamine groups is 2. The van der Waals surface area contributed by atoms with Crippen LogP contribution >= 0.6 is 0 Å². The van der Waals surface area contributed by atoms with Crippen molar-refractivity contribution in [3.63, 3.8) is 0 Å². The number of unbranched alkanes of at least 4 members (excludes halogenated alkanes) is 2. The molecule has 0 bridgehead atoms. The Morgan fingerprint density at radius 1 is 1.03 bits per heavy atom. The normalized spacial score (nSPS) is 16.4. The predicted molar refractivity (Wildman–Crippen MR) is 115 cm³/mol. The molecule has 0 aromatic rings. The summed E-state index contributed by atoms with van der Waals surface area (Å²) < 4.78 is 31.5. The lowest BCUT2D eigenvalue weighted by atomic mass is 10.1. The molecule has 196 valence electrons. The lowest BCUT2D eigenvalue weighted by Gasteiger charge is -2.20. The zero-order valence-corrected chi connectivity index (χ0v) is 20.0. The Kier molecular flexibility index (Phi) is 11.4.